The molecule has 0 radical (unpaired) electrons. The SMILES string of the molecule is COc1ccccc1C(NN1CCN(C)CC1)C(=O)O. The van der Waals surface area contributed by atoms with Gasteiger partial charge in [-0.1, -0.05) is 18.2 Å². The molecular weight excluding hydrogens is 258 g/mol. The van der Waals surface area contributed by atoms with Gasteiger partial charge in [-0.05, 0) is 13.1 Å². The van der Waals surface area contributed by atoms with E-state index >= 15 is 0 Å². The van der Waals surface area contributed by atoms with Gasteiger partial charge in [-0.3, -0.25) is 4.79 Å². The smallest absolute Gasteiger partial charge is 0.326 e. The Kier molecular flexibility index (Phi) is 4.94. The summed E-state index contributed by atoms with van der Waals surface area (Å²) in [5.41, 5.74) is 3.73. The zero-order valence-electron chi connectivity index (χ0n) is 11.9. The monoisotopic (exact) mass is 279 g/mol. The van der Waals surface area contributed by atoms with E-state index in [-0.39, 0.29) is 0 Å². The number of ether oxygens (including phenoxy) is 1. The minimum Gasteiger partial charge on any atom is -0.496 e. The molecule has 2 N–H and O–H groups in total. The van der Waals surface area contributed by atoms with Gasteiger partial charge in [0.2, 0.25) is 0 Å². The molecule has 110 valence electrons. The van der Waals surface area contributed by atoms with Crippen LogP contribution in [0, 0.1) is 0 Å². The second-order valence-electron chi connectivity index (χ2n) is 4.93. The van der Waals surface area contributed by atoms with Crippen molar-refractivity contribution in [2.45, 2.75) is 6.04 Å². The number of rotatable bonds is 5. The van der Waals surface area contributed by atoms with Crippen LogP contribution in [0.15, 0.2) is 24.3 Å². The van der Waals surface area contributed by atoms with Gasteiger partial charge in [-0.2, -0.15) is 0 Å². The summed E-state index contributed by atoms with van der Waals surface area (Å²) in [6.45, 7) is 3.45. The van der Waals surface area contributed by atoms with Crippen molar-refractivity contribution in [3.05, 3.63) is 29.8 Å². The fraction of sp³-hybridized carbons (Fsp3) is 0.500. The maximum atomic E-state index is 11.6. The third kappa shape index (κ3) is 3.47. The molecule has 6 heteroatoms. The molecule has 1 saturated heterocycles. The number of nitrogens with one attached hydrogen (secondary N) is 1. The highest BCUT2D eigenvalue weighted by Gasteiger charge is 2.26. The zero-order valence-corrected chi connectivity index (χ0v) is 11.9. The van der Waals surface area contributed by atoms with Crippen molar-refractivity contribution >= 4 is 5.97 Å². The summed E-state index contributed by atoms with van der Waals surface area (Å²) in [6.07, 6.45) is 0. The maximum absolute atomic E-state index is 11.6. The van der Waals surface area contributed by atoms with Crippen molar-refractivity contribution in [2.75, 3.05) is 40.3 Å². The van der Waals surface area contributed by atoms with E-state index in [1.54, 1.807) is 19.2 Å². The van der Waals surface area contributed by atoms with Crippen LogP contribution in [0.2, 0.25) is 0 Å². The number of piperazine rings is 1. The number of nitrogens with zero attached hydrogens (tertiary/aromatic N) is 2. The van der Waals surface area contributed by atoms with Crippen molar-refractivity contribution in [2.24, 2.45) is 0 Å². The van der Waals surface area contributed by atoms with E-state index in [1.807, 2.05) is 17.1 Å². The number of methoxy groups -OCH3 is 1. The number of hydrogen-bond donors (Lipinski definition) is 2. The molecular formula is C14H21N3O3. The average molecular weight is 279 g/mol. The van der Waals surface area contributed by atoms with Crippen molar-refractivity contribution in [3.63, 3.8) is 0 Å². The largest absolute Gasteiger partial charge is 0.496 e. The van der Waals surface area contributed by atoms with E-state index in [1.165, 1.54) is 0 Å². The van der Waals surface area contributed by atoms with Gasteiger partial charge >= 0.3 is 5.97 Å². The molecule has 1 heterocycles. The normalized spacial score (nSPS) is 18.7. The molecule has 0 aliphatic carbocycles. The van der Waals surface area contributed by atoms with Gasteiger partial charge in [0.15, 0.2) is 0 Å². The van der Waals surface area contributed by atoms with Crippen LogP contribution in [0.5, 0.6) is 5.75 Å². The molecule has 6 nitrogen and oxygen atoms in total. The Labute approximate surface area is 118 Å². The first-order valence-corrected chi connectivity index (χ1v) is 6.67. The number of carboxylic acids is 1. The Balaban J connectivity index is 2.13. The lowest BCUT2D eigenvalue weighted by Crippen LogP contribution is -2.52. The van der Waals surface area contributed by atoms with Gasteiger partial charge in [0.05, 0.1) is 7.11 Å². The Hall–Kier alpha value is -1.63. The quantitative estimate of drug-likeness (QED) is 0.821. The zero-order chi connectivity index (χ0) is 14.5. The van der Waals surface area contributed by atoms with Crippen LogP contribution >= 0.6 is 0 Å². The van der Waals surface area contributed by atoms with E-state index in [0.717, 1.165) is 26.2 Å². The Morgan fingerprint density at radius 3 is 2.55 bits per heavy atom. The van der Waals surface area contributed by atoms with E-state index in [4.69, 9.17) is 4.74 Å². The second-order valence-corrected chi connectivity index (χ2v) is 4.93. The predicted octanol–water partition coefficient (Wildman–Crippen LogP) is 0.573. The molecule has 2 rings (SSSR count). The topological polar surface area (TPSA) is 65.0 Å². The molecule has 1 fully saturated rings. The van der Waals surface area contributed by atoms with Crippen molar-refractivity contribution in [3.8, 4) is 5.75 Å². The highest BCUT2D eigenvalue weighted by Crippen LogP contribution is 2.25. The van der Waals surface area contributed by atoms with Crippen LogP contribution < -0.4 is 10.2 Å². The van der Waals surface area contributed by atoms with E-state index in [0.29, 0.717) is 11.3 Å². The number of carboxylic acid groups (broad SMARTS) is 1. The Morgan fingerprint density at radius 1 is 1.30 bits per heavy atom. The molecule has 1 unspecified atom stereocenters. The van der Waals surface area contributed by atoms with Crippen molar-refractivity contribution < 1.29 is 14.6 Å². The minimum atomic E-state index is -0.909. The summed E-state index contributed by atoms with van der Waals surface area (Å²) in [6, 6.07) is 6.41. The highest BCUT2D eigenvalue weighted by atomic mass is 16.5. The third-order valence-corrected chi connectivity index (χ3v) is 3.51. The van der Waals surface area contributed by atoms with E-state index in [2.05, 4.69) is 17.4 Å². The fourth-order valence-corrected chi connectivity index (χ4v) is 2.28. The lowest BCUT2D eigenvalue weighted by molar-refractivity contribution is -0.141. The van der Waals surface area contributed by atoms with Crippen LogP contribution in [0.25, 0.3) is 0 Å². The van der Waals surface area contributed by atoms with Crippen LogP contribution in [-0.2, 0) is 4.79 Å². The van der Waals surface area contributed by atoms with Gasteiger partial charge in [0.25, 0.3) is 0 Å². The highest BCUT2D eigenvalue weighted by molar-refractivity contribution is 5.76. The Morgan fingerprint density at radius 2 is 1.95 bits per heavy atom. The lowest BCUT2D eigenvalue weighted by atomic mass is 10.1. The summed E-state index contributed by atoms with van der Waals surface area (Å²) in [4.78, 5) is 13.8. The molecule has 20 heavy (non-hydrogen) atoms. The second kappa shape index (κ2) is 6.69. The van der Waals surface area contributed by atoms with Crippen LogP contribution in [-0.4, -0.2) is 61.3 Å². The first kappa shape index (κ1) is 14.8. The first-order valence-electron chi connectivity index (χ1n) is 6.67. The summed E-state index contributed by atoms with van der Waals surface area (Å²) < 4.78 is 5.25. The number of hydrazine groups is 1. The first-order chi connectivity index (χ1) is 9.61. The molecule has 0 saturated carbocycles. The molecule has 1 aromatic rings. The van der Waals surface area contributed by atoms with Crippen LogP contribution in [0.4, 0.5) is 0 Å². The molecule has 1 aliphatic heterocycles. The summed E-state index contributed by atoms with van der Waals surface area (Å²) in [7, 11) is 3.61. The number of aliphatic carboxylic acids is 1. The number of carbonyl (C=O) groups is 1. The van der Waals surface area contributed by atoms with Gasteiger partial charge in [-0.15, -0.1) is 0 Å². The molecule has 0 bridgehead atoms. The minimum absolute atomic E-state index is 0.585. The van der Waals surface area contributed by atoms with Gasteiger partial charge in [0.1, 0.15) is 11.8 Å². The molecule has 0 aromatic heterocycles. The number of likely N-dealkylation sites (N-methyl/N-ethyl adjacent to an activating group) is 1. The molecule has 0 spiro atoms. The average Bonchev–Trinajstić information content (AvgIpc) is 2.46. The third-order valence-electron chi connectivity index (χ3n) is 3.51. The summed E-state index contributed by atoms with van der Waals surface area (Å²) >= 11 is 0. The number of hydrogen-bond acceptors (Lipinski definition) is 5. The lowest BCUT2D eigenvalue weighted by Gasteiger charge is -2.34. The van der Waals surface area contributed by atoms with Crippen molar-refractivity contribution in [1.29, 1.82) is 0 Å². The van der Waals surface area contributed by atoms with Crippen molar-refractivity contribution in [1.82, 2.24) is 15.3 Å². The Bertz CT molecular complexity index is 459. The standard InChI is InChI=1S/C14H21N3O3/c1-16-7-9-17(10-8-16)15-13(14(18)19)11-5-3-4-6-12(11)20-2/h3-6,13,15H,7-10H2,1-2H3,(H,18,19). The molecule has 0 amide bonds. The fourth-order valence-electron chi connectivity index (χ4n) is 2.28. The van der Waals surface area contributed by atoms with Gasteiger partial charge in [0, 0.05) is 31.7 Å². The molecule has 1 aliphatic rings. The molecule has 1 atom stereocenters. The number of para-hydroxylation sites is 1. The van der Waals surface area contributed by atoms with E-state index in [9.17, 15) is 9.90 Å². The summed E-state index contributed by atoms with van der Waals surface area (Å²) in [5.74, 6) is -0.324. The molecule has 1 aromatic carbocycles. The van der Waals surface area contributed by atoms with Gasteiger partial charge in [-0.25, -0.2) is 10.4 Å². The predicted molar refractivity (Wildman–Crippen MR) is 75.6 cm³/mol. The number of benzene rings is 1. The van der Waals surface area contributed by atoms with Gasteiger partial charge < -0.3 is 14.7 Å². The van der Waals surface area contributed by atoms with Crippen LogP contribution in [0.1, 0.15) is 11.6 Å². The van der Waals surface area contributed by atoms with E-state index < -0.39 is 12.0 Å². The van der Waals surface area contributed by atoms with Crippen LogP contribution in [0.3, 0.4) is 0 Å². The maximum Gasteiger partial charge on any atom is 0.326 e. The summed E-state index contributed by atoms with van der Waals surface area (Å²) in [5, 5.41) is 11.4.